The third kappa shape index (κ3) is 4.77. The topological polar surface area (TPSA) is 70.3 Å². The quantitative estimate of drug-likeness (QED) is 0.493. The molecule has 4 rings (SSSR count). The van der Waals surface area contributed by atoms with E-state index in [1.54, 1.807) is 0 Å². The van der Waals surface area contributed by atoms with Crippen LogP contribution in [0.15, 0.2) is 69.8 Å². The summed E-state index contributed by atoms with van der Waals surface area (Å²) in [5.74, 6) is 1.55. The lowest BCUT2D eigenvalue weighted by molar-refractivity contribution is 0.126. The fraction of sp³-hybridized carbons (Fsp3) is 0.480. The van der Waals surface area contributed by atoms with Crippen LogP contribution in [-0.2, 0) is 0 Å². The van der Waals surface area contributed by atoms with Gasteiger partial charge in [-0.15, -0.1) is 0 Å². The molecule has 0 radical (unpaired) electrons. The molecule has 0 aromatic carbocycles. The average Bonchev–Trinajstić information content (AvgIpc) is 3.17. The van der Waals surface area contributed by atoms with E-state index in [0.717, 1.165) is 38.3 Å². The minimum absolute atomic E-state index is 0.0467. The Morgan fingerprint density at radius 1 is 1.47 bits per heavy atom. The van der Waals surface area contributed by atoms with Crippen LogP contribution in [0, 0.1) is 23.2 Å². The van der Waals surface area contributed by atoms with Crippen molar-refractivity contribution >= 4 is 11.9 Å². The Hall–Kier alpha value is -2.95. The molecule has 0 saturated carbocycles. The van der Waals surface area contributed by atoms with Crippen LogP contribution in [0.25, 0.3) is 0 Å². The number of likely N-dealkylation sites (N-methyl/N-ethyl adjacent to an activating group) is 1. The molecule has 4 aliphatic rings. The maximum Gasteiger partial charge on any atom is 0.152 e. The van der Waals surface area contributed by atoms with Crippen LogP contribution < -0.4 is 5.32 Å². The number of hydrogen-bond donors (Lipinski definition) is 1. The second-order valence-electron chi connectivity index (χ2n) is 8.78. The van der Waals surface area contributed by atoms with Gasteiger partial charge in [-0.3, -0.25) is 10.0 Å². The van der Waals surface area contributed by atoms with E-state index in [4.69, 9.17) is 4.99 Å². The first-order valence-electron chi connectivity index (χ1n) is 11.5. The Kier molecular flexibility index (Phi) is 7.03. The summed E-state index contributed by atoms with van der Waals surface area (Å²) in [6, 6.07) is 2.23. The summed E-state index contributed by atoms with van der Waals surface area (Å²) >= 11 is 0. The maximum absolute atomic E-state index is 9.36. The standard InChI is InChI=1S/C25H33N7/c1-4-5-7-21(19(2)14-26)16-31-17-22(9-12-28-31)23-18-30(3)32-13-10-24(29-25(23)32)20-8-6-11-27-15-20/h4-5,10,12-13,17,20-21,27H,2,6-9,11,15-16,18H2,1,3H3/b5-4-. The first-order valence-corrected chi connectivity index (χ1v) is 11.5. The molecule has 0 aromatic heterocycles. The normalized spacial score (nSPS) is 24.5. The number of nitrogens with zero attached hydrogens (tertiary/aromatic N) is 6. The SMILES string of the molecule is C=C(C#N)C(C/C=C\C)CN1C=C(C2=C3N=C(C4CCCNC4)C=CN3N(C)C2)CC=N1. The number of nitriles is 1. The van der Waals surface area contributed by atoms with E-state index in [1.165, 1.54) is 29.7 Å². The molecule has 0 amide bonds. The van der Waals surface area contributed by atoms with Gasteiger partial charge in [0, 0.05) is 80.4 Å². The van der Waals surface area contributed by atoms with Crippen molar-refractivity contribution in [2.24, 2.45) is 21.9 Å². The molecule has 0 aromatic rings. The highest BCUT2D eigenvalue weighted by Crippen LogP contribution is 2.34. The lowest BCUT2D eigenvalue weighted by atomic mass is 9.93. The first-order chi connectivity index (χ1) is 15.6. The highest BCUT2D eigenvalue weighted by atomic mass is 15.6. The van der Waals surface area contributed by atoms with Crippen LogP contribution in [0.5, 0.6) is 0 Å². The van der Waals surface area contributed by atoms with Crippen molar-refractivity contribution in [2.75, 3.05) is 33.2 Å². The number of allylic oxidation sites excluding steroid dienone is 3. The van der Waals surface area contributed by atoms with Crippen molar-refractivity contribution in [3.8, 4) is 6.07 Å². The molecule has 7 nitrogen and oxygen atoms in total. The molecule has 0 aliphatic carbocycles. The first kappa shape index (κ1) is 22.3. The fourth-order valence-corrected chi connectivity index (χ4v) is 4.62. The van der Waals surface area contributed by atoms with Gasteiger partial charge in [0.15, 0.2) is 5.82 Å². The number of hydrogen-bond acceptors (Lipinski definition) is 7. The van der Waals surface area contributed by atoms with Gasteiger partial charge in [0.05, 0.1) is 6.07 Å². The molecule has 4 heterocycles. The lowest BCUT2D eigenvalue weighted by Crippen LogP contribution is -2.36. The van der Waals surface area contributed by atoms with Crippen molar-refractivity contribution in [1.29, 1.82) is 5.26 Å². The minimum atomic E-state index is 0.0467. The monoisotopic (exact) mass is 431 g/mol. The van der Waals surface area contributed by atoms with E-state index in [0.29, 0.717) is 18.0 Å². The number of hydrazone groups is 1. The molecular formula is C25H33N7. The van der Waals surface area contributed by atoms with Gasteiger partial charge in [0.2, 0.25) is 0 Å². The highest BCUT2D eigenvalue weighted by Gasteiger charge is 2.32. The summed E-state index contributed by atoms with van der Waals surface area (Å²) < 4.78 is 0. The van der Waals surface area contributed by atoms with Gasteiger partial charge in [0.25, 0.3) is 0 Å². The Morgan fingerprint density at radius 3 is 3.09 bits per heavy atom. The van der Waals surface area contributed by atoms with Crippen LogP contribution in [0.2, 0.25) is 0 Å². The zero-order valence-electron chi connectivity index (χ0n) is 19.2. The molecule has 4 aliphatic heterocycles. The van der Waals surface area contributed by atoms with Gasteiger partial charge in [-0.25, -0.2) is 10.0 Å². The summed E-state index contributed by atoms with van der Waals surface area (Å²) in [6.07, 6.45) is 16.5. The summed E-state index contributed by atoms with van der Waals surface area (Å²) in [5.41, 5.74) is 4.26. The smallest absolute Gasteiger partial charge is 0.152 e. The van der Waals surface area contributed by atoms with E-state index < -0.39 is 0 Å². The molecule has 0 bridgehead atoms. The average molecular weight is 432 g/mol. The van der Waals surface area contributed by atoms with E-state index >= 15 is 0 Å². The third-order valence-corrected chi connectivity index (χ3v) is 6.51. The van der Waals surface area contributed by atoms with Crippen LogP contribution >= 0.6 is 0 Å². The Bertz CT molecular complexity index is 953. The number of rotatable bonds is 7. The predicted octanol–water partition coefficient (Wildman–Crippen LogP) is 3.57. The maximum atomic E-state index is 9.36. The zero-order chi connectivity index (χ0) is 22.5. The molecule has 1 saturated heterocycles. The van der Waals surface area contributed by atoms with Crippen LogP contribution in [0.3, 0.4) is 0 Å². The van der Waals surface area contributed by atoms with Gasteiger partial charge >= 0.3 is 0 Å². The zero-order valence-corrected chi connectivity index (χ0v) is 19.2. The molecular weight excluding hydrogens is 398 g/mol. The largest absolute Gasteiger partial charge is 0.316 e. The molecule has 2 atom stereocenters. The molecule has 32 heavy (non-hydrogen) atoms. The van der Waals surface area contributed by atoms with Gasteiger partial charge in [-0.2, -0.15) is 10.4 Å². The molecule has 2 unspecified atom stereocenters. The van der Waals surface area contributed by atoms with Gasteiger partial charge in [0.1, 0.15) is 0 Å². The molecule has 0 spiro atoms. The summed E-state index contributed by atoms with van der Waals surface area (Å²) in [4.78, 5) is 5.13. The van der Waals surface area contributed by atoms with Crippen molar-refractivity contribution in [3.63, 3.8) is 0 Å². The Morgan fingerprint density at radius 2 is 2.34 bits per heavy atom. The van der Waals surface area contributed by atoms with E-state index in [-0.39, 0.29) is 5.92 Å². The number of nitrogens with one attached hydrogen (secondary N) is 1. The van der Waals surface area contributed by atoms with Gasteiger partial charge < -0.3 is 5.32 Å². The van der Waals surface area contributed by atoms with Crippen LogP contribution in [0.4, 0.5) is 0 Å². The van der Waals surface area contributed by atoms with Crippen molar-refractivity contribution in [1.82, 2.24) is 20.3 Å². The molecule has 1 fully saturated rings. The van der Waals surface area contributed by atoms with E-state index in [9.17, 15) is 5.26 Å². The van der Waals surface area contributed by atoms with Crippen molar-refractivity contribution in [2.45, 2.75) is 32.6 Å². The van der Waals surface area contributed by atoms with E-state index in [2.05, 4.69) is 64.7 Å². The van der Waals surface area contributed by atoms with Crippen LogP contribution in [0.1, 0.15) is 32.6 Å². The molecule has 1 N–H and O–H groups in total. The number of fused-ring (bicyclic) bond motifs is 1. The summed E-state index contributed by atoms with van der Waals surface area (Å²) in [6.45, 7) is 9.52. The second-order valence-corrected chi connectivity index (χ2v) is 8.78. The highest BCUT2D eigenvalue weighted by molar-refractivity contribution is 5.98. The van der Waals surface area contributed by atoms with Crippen LogP contribution in [-0.4, -0.2) is 60.2 Å². The second kappa shape index (κ2) is 10.1. The van der Waals surface area contributed by atoms with Gasteiger partial charge in [-0.1, -0.05) is 18.7 Å². The summed E-state index contributed by atoms with van der Waals surface area (Å²) in [7, 11) is 2.10. The minimum Gasteiger partial charge on any atom is -0.316 e. The molecule has 7 heteroatoms. The third-order valence-electron chi connectivity index (χ3n) is 6.51. The van der Waals surface area contributed by atoms with E-state index in [1.807, 2.05) is 24.2 Å². The number of hydrazine groups is 1. The summed E-state index contributed by atoms with van der Waals surface area (Å²) in [5, 5.41) is 23.7. The van der Waals surface area contributed by atoms with Gasteiger partial charge in [-0.05, 0) is 44.4 Å². The Balaban J connectivity index is 1.57. The Labute approximate surface area is 191 Å². The number of aliphatic imine (C=N–C) groups is 1. The van der Waals surface area contributed by atoms with Crippen molar-refractivity contribution < 1.29 is 0 Å². The van der Waals surface area contributed by atoms with Crippen molar-refractivity contribution in [3.05, 3.63) is 59.7 Å². The number of piperidine rings is 1. The fourth-order valence-electron chi connectivity index (χ4n) is 4.62. The molecule has 168 valence electrons. The lowest BCUT2D eigenvalue weighted by Gasteiger charge is -2.29. The predicted molar refractivity (Wildman–Crippen MR) is 129 cm³/mol.